The third-order valence-electron chi connectivity index (χ3n) is 5.71. The molecular formula is C26H19ClN4O3. The Bertz CT molecular complexity index is 1660. The minimum Gasteiger partial charge on any atom is -0.478 e. The number of hydrogen-bond donors (Lipinski definition) is 2. The normalized spacial score (nSPS) is 12.2. The van der Waals surface area contributed by atoms with Gasteiger partial charge < -0.3 is 10.8 Å². The van der Waals surface area contributed by atoms with Crippen molar-refractivity contribution in [3.05, 3.63) is 99.6 Å². The SMILES string of the molecule is C[C@H](N)c1cc2cccc(Cl)c2c(=O)n1-c1cccc(-c2ccc3nccc(C(=O)O)c3n2)c1. The minimum atomic E-state index is -1.08. The Labute approximate surface area is 199 Å². The minimum absolute atomic E-state index is 0.0719. The summed E-state index contributed by atoms with van der Waals surface area (Å²) >= 11 is 6.37. The molecule has 0 amide bonds. The Balaban J connectivity index is 1.73. The Kier molecular flexibility index (Phi) is 5.36. The second-order valence-corrected chi connectivity index (χ2v) is 8.39. The summed E-state index contributed by atoms with van der Waals surface area (Å²) in [6.45, 7) is 1.82. The molecule has 0 aliphatic rings. The summed E-state index contributed by atoms with van der Waals surface area (Å²) < 4.78 is 1.56. The molecule has 1 atom stereocenters. The fourth-order valence-electron chi connectivity index (χ4n) is 4.10. The predicted molar refractivity (Wildman–Crippen MR) is 133 cm³/mol. The summed E-state index contributed by atoms with van der Waals surface area (Å²) in [5.74, 6) is -1.08. The number of rotatable bonds is 4. The Morgan fingerprint density at radius 1 is 1.09 bits per heavy atom. The summed E-state index contributed by atoms with van der Waals surface area (Å²) in [6, 6.07) is 19.0. The third-order valence-corrected chi connectivity index (χ3v) is 6.02. The van der Waals surface area contributed by atoms with Crippen LogP contribution in [0, 0.1) is 0 Å². The number of nitrogens with two attached hydrogens (primary N) is 1. The molecule has 8 heteroatoms. The summed E-state index contributed by atoms with van der Waals surface area (Å²) in [4.78, 5) is 34.0. The Morgan fingerprint density at radius 2 is 1.88 bits per heavy atom. The van der Waals surface area contributed by atoms with Crippen LogP contribution in [0.15, 0.2) is 77.7 Å². The maximum atomic E-state index is 13.6. The molecule has 5 rings (SSSR count). The highest BCUT2D eigenvalue weighted by molar-refractivity contribution is 6.35. The van der Waals surface area contributed by atoms with Crippen molar-refractivity contribution in [2.45, 2.75) is 13.0 Å². The van der Waals surface area contributed by atoms with Crippen molar-refractivity contribution in [2.24, 2.45) is 5.73 Å². The largest absolute Gasteiger partial charge is 0.478 e. The van der Waals surface area contributed by atoms with Gasteiger partial charge in [0.1, 0.15) is 5.52 Å². The second kappa shape index (κ2) is 8.37. The molecule has 2 aromatic carbocycles. The maximum Gasteiger partial charge on any atom is 0.338 e. The van der Waals surface area contributed by atoms with E-state index in [9.17, 15) is 14.7 Å². The standard InChI is InChI=1S/C26H19ClN4O3/c1-14(28)22-13-16-5-3-7-19(27)23(16)25(32)31(22)17-6-2-4-15(12-17)20-8-9-21-24(30-20)18(26(33)34)10-11-29-21/h2-14H,28H2,1H3,(H,33,34)/t14-/m0/s1. The van der Waals surface area contributed by atoms with Gasteiger partial charge in [-0.05, 0) is 54.8 Å². The van der Waals surface area contributed by atoms with Crippen LogP contribution in [-0.2, 0) is 0 Å². The second-order valence-electron chi connectivity index (χ2n) is 7.98. The number of halogens is 1. The number of nitrogens with zero attached hydrogens (tertiary/aromatic N) is 3. The van der Waals surface area contributed by atoms with Crippen molar-refractivity contribution in [1.82, 2.24) is 14.5 Å². The van der Waals surface area contributed by atoms with E-state index in [0.29, 0.717) is 44.1 Å². The van der Waals surface area contributed by atoms with E-state index in [1.54, 1.807) is 28.8 Å². The van der Waals surface area contributed by atoms with Crippen molar-refractivity contribution < 1.29 is 9.90 Å². The summed E-state index contributed by atoms with van der Waals surface area (Å²) in [7, 11) is 0. The molecule has 0 saturated carbocycles. The van der Waals surface area contributed by atoms with Crippen LogP contribution in [0.25, 0.3) is 38.8 Å². The first-order chi connectivity index (χ1) is 16.3. The van der Waals surface area contributed by atoms with Gasteiger partial charge in [-0.2, -0.15) is 0 Å². The van der Waals surface area contributed by atoms with Crippen LogP contribution in [0.1, 0.15) is 29.0 Å². The Morgan fingerprint density at radius 3 is 2.65 bits per heavy atom. The van der Waals surface area contributed by atoms with E-state index in [-0.39, 0.29) is 11.1 Å². The lowest BCUT2D eigenvalue weighted by Crippen LogP contribution is -2.25. The number of pyridine rings is 3. The lowest BCUT2D eigenvalue weighted by atomic mass is 10.1. The van der Waals surface area contributed by atoms with E-state index in [2.05, 4.69) is 9.97 Å². The molecule has 0 unspecified atom stereocenters. The average molecular weight is 471 g/mol. The molecule has 5 aromatic rings. The highest BCUT2D eigenvalue weighted by Crippen LogP contribution is 2.27. The van der Waals surface area contributed by atoms with E-state index in [0.717, 1.165) is 5.39 Å². The number of aromatic nitrogens is 3. The molecule has 3 N–H and O–H groups in total. The van der Waals surface area contributed by atoms with Gasteiger partial charge in [0, 0.05) is 29.2 Å². The summed E-state index contributed by atoms with van der Waals surface area (Å²) in [5.41, 5.74) is 9.33. The van der Waals surface area contributed by atoms with Gasteiger partial charge in [0.25, 0.3) is 5.56 Å². The first-order valence-corrected chi connectivity index (χ1v) is 10.9. The van der Waals surface area contributed by atoms with Crippen LogP contribution in [-0.4, -0.2) is 25.6 Å². The third kappa shape index (κ3) is 3.61. The molecule has 0 spiro atoms. The van der Waals surface area contributed by atoms with Crippen molar-refractivity contribution in [3.8, 4) is 16.9 Å². The monoisotopic (exact) mass is 470 g/mol. The molecule has 7 nitrogen and oxygen atoms in total. The van der Waals surface area contributed by atoms with Gasteiger partial charge in [0.15, 0.2) is 0 Å². The van der Waals surface area contributed by atoms with Crippen molar-refractivity contribution in [3.63, 3.8) is 0 Å². The quantitative estimate of drug-likeness (QED) is 0.383. The van der Waals surface area contributed by atoms with Gasteiger partial charge in [-0.15, -0.1) is 0 Å². The summed E-state index contributed by atoms with van der Waals surface area (Å²) in [5, 5.41) is 11.0. The van der Waals surface area contributed by atoms with Crippen molar-refractivity contribution >= 4 is 39.4 Å². The van der Waals surface area contributed by atoms with Gasteiger partial charge >= 0.3 is 5.97 Å². The topological polar surface area (TPSA) is 111 Å². The molecular weight excluding hydrogens is 452 g/mol. The predicted octanol–water partition coefficient (Wildman–Crippen LogP) is 4.97. The van der Waals surface area contributed by atoms with Crippen LogP contribution in [0.5, 0.6) is 0 Å². The lowest BCUT2D eigenvalue weighted by Gasteiger charge is -2.18. The highest BCUT2D eigenvalue weighted by atomic mass is 35.5. The van der Waals surface area contributed by atoms with Gasteiger partial charge in [0.2, 0.25) is 0 Å². The first-order valence-electron chi connectivity index (χ1n) is 10.5. The summed E-state index contributed by atoms with van der Waals surface area (Å²) in [6.07, 6.45) is 1.44. The van der Waals surface area contributed by atoms with E-state index < -0.39 is 12.0 Å². The average Bonchev–Trinajstić information content (AvgIpc) is 2.83. The van der Waals surface area contributed by atoms with Gasteiger partial charge in [-0.3, -0.25) is 14.3 Å². The number of hydrogen-bond acceptors (Lipinski definition) is 5. The number of carbonyl (C=O) groups is 1. The fourth-order valence-corrected chi connectivity index (χ4v) is 4.37. The first kappa shape index (κ1) is 21.8. The van der Waals surface area contributed by atoms with Crippen LogP contribution in [0.2, 0.25) is 5.02 Å². The lowest BCUT2D eigenvalue weighted by molar-refractivity contribution is 0.0698. The van der Waals surface area contributed by atoms with E-state index >= 15 is 0 Å². The smallest absolute Gasteiger partial charge is 0.338 e. The van der Waals surface area contributed by atoms with Crippen LogP contribution < -0.4 is 11.3 Å². The number of fused-ring (bicyclic) bond motifs is 2. The van der Waals surface area contributed by atoms with E-state index in [4.69, 9.17) is 17.3 Å². The van der Waals surface area contributed by atoms with Gasteiger partial charge in [-0.25, -0.2) is 9.78 Å². The Hall–Kier alpha value is -4.07. The van der Waals surface area contributed by atoms with Crippen LogP contribution in [0.3, 0.4) is 0 Å². The molecule has 0 fully saturated rings. The molecule has 0 aliphatic carbocycles. The molecule has 0 radical (unpaired) electrons. The zero-order chi connectivity index (χ0) is 24.0. The molecule has 0 saturated heterocycles. The van der Waals surface area contributed by atoms with Gasteiger partial charge in [-0.1, -0.05) is 35.9 Å². The highest BCUT2D eigenvalue weighted by Gasteiger charge is 2.17. The van der Waals surface area contributed by atoms with Gasteiger partial charge in [0.05, 0.1) is 27.2 Å². The number of aromatic carboxylic acids is 1. The van der Waals surface area contributed by atoms with Crippen molar-refractivity contribution in [2.75, 3.05) is 0 Å². The molecule has 0 aliphatic heterocycles. The molecule has 168 valence electrons. The molecule has 3 aromatic heterocycles. The van der Waals surface area contributed by atoms with Crippen molar-refractivity contribution in [1.29, 1.82) is 0 Å². The number of benzene rings is 2. The van der Waals surface area contributed by atoms with E-state index in [1.165, 1.54) is 12.3 Å². The molecule has 34 heavy (non-hydrogen) atoms. The number of carboxylic acid groups (broad SMARTS) is 1. The zero-order valence-electron chi connectivity index (χ0n) is 18.1. The van der Waals surface area contributed by atoms with Crippen LogP contribution in [0.4, 0.5) is 0 Å². The molecule has 3 heterocycles. The maximum absolute atomic E-state index is 13.6. The van der Waals surface area contributed by atoms with E-state index in [1.807, 2.05) is 43.3 Å². The van der Waals surface area contributed by atoms with Crippen LogP contribution >= 0.6 is 11.6 Å². The number of carboxylic acids is 1. The zero-order valence-corrected chi connectivity index (χ0v) is 18.8. The molecule has 0 bridgehead atoms. The fraction of sp³-hybridized carbons (Fsp3) is 0.0769.